The van der Waals surface area contributed by atoms with Crippen molar-refractivity contribution >= 4 is 17.9 Å². The van der Waals surface area contributed by atoms with E-state index in [-0.39, 0.29) is 5.82 Å². The van der Waals surface area contributed by atoms with Gasteiger partial charge in [-0.05, 0) is 49.0 Å². The maximum atomic E-state index is 13.3. The molecule has 0 unspecified atom stereocenters. The monoisotopic (exact) mass is 365 g/mol. The standard InChI is InChI=1S/C20H16FN3OS/c1-2-25-18-6-4-3-5-15(18)17-12-24-19(23-17)16(11-22-20(24)26)13-7-9-14(21)10-8-13/h3-12,23H,2H2,1H3. The van der Waals surface area contributed by atoms with Gasteiger partial charge in [-0.1, -0.05) is 24.3 Å². The van der Waals surface area contributed by atoms with E-state index < -0.39 is 0 Å². The summed E-state index contributed by atoms with van der Waals surface area (Å²) in [6.45, 7) is 2.54. The topological polar surface area (TPSA) is 42.3 Å². The Morgan fingerprint density at radius 3 is 2.65 bits per heavy atom. The fourth-order valence-electron chi connectivity index (χ4n) is 2.95. The number of ether oxygens (including phenoxy) is 1. The first-order valence-electron chi connectivity index (χ1n) is 8.26. The maximum absolute atomic E-state index is 13.3. The third kappa shape index (κ3) is 2.88. The first-order valence-corrected chi connectivity index (χ1v) is 8.66. The molecule has 6 heteroatoms. The van der Waals surface area contributed by atoms with Gasteiger partial charge in [0, 0.05) is 23.5 Å². The van der Waals surface area contributed by atoms with Crippen LogP contribution in [0, 0.1) is 10.6 Å². The highest BCUT2D eigenvalue weighted by Crippen LogP contribution is 2.31. The molecule has 26 heavy (non-hydrogen) atoms. The van der Waals surface area contributed by atoms with Crippen LogP contribution in [0.3, 0.4) is 0 Å². The molecule has 0 saturated carbocycles. The fourth-order valence-corrected chi connectivity index (χ4v) is 3.15. The molecule has 4 rings (SSSR count). The van der Waals surface area contributed by atoms with Gasteiger partial charge in [0.15, 0.2) is 0 Å². The lowest BCUT2D eigenvalue weighted by molar-refractivity contribution is 0.341. The van der Waals surface area contributed by atoms with E-state index in [1.54, 1.807) is 18.3 Å². The summed E-state index contributed by atoms with van der Waals surface area (Å²) in [6, 6.07) is 14.1. The highest BCUT2D eigenvalue weighted by atomic mass is 32.1. The van der Waals surface area contributed by atoms with Gasteiger partial charge in [-0.3, -0.25) is 4.40 Å². The number of imidazole rings is 1. The van der Waals surface area contributed by atoms with Gasteiger partial charge in [-0.2, -0.15) is 0 Å². The van der Waals surface area contributed by atoms with Crippen LogP contribution in [0.4, 0.5) is 4.39 Å². The summed E-state index contributed by atoms with van der Waals surface area (Å²) < 4.78 is 21.3. The largest absolute Gasteiger partial charge is 0.493 e. The lowest BCUT2D eigenvalue weighted by Gasteiger charge is -2.07. The summed E-state index contributed by atoms with van der Waals surface area (Å²) in [7, 11) is 0. The molecule has 0 aliphatic heterocycles. The van der Waals surface area contributed by atoms with Crippen molar-refractivity contribution < 1.29 is 9.13 Å². The lowest BCUT2D eigenvalue weighted by atomic mass is 10.1. The van der Waals surface area contributed by atoms with Gasteiger partial charge in [0.25, 0.3) is 0 Å². The molecule has 0 aliphatic rings. The average Bonchev–Trinajstić information content (AvgIpc) is 3.10. The Hall–Kier alpha value is -2.99. The number of para-hydroxylation sites is 1. The second-order valence-corrected chi connectivity index (χ2v) is 6.14. The average molecular weight is 365 g/mol. The molecule has 0 fully saturated rings. The Morgan fingerprint density at radius 2 is 1.88 bits per heavy atom. The molecular formula is C20H16FN3OS. The van der Waals surface area contributed by atoms with Crippen LogP contribution in [0.15, 0.2) is 60.9 Å². The zero-order valence-corrected chi connectivity index (χ0v) is 14.9. The molecule has 130 valence electrons. The number of H-pyrrole nitrogens is 1. The summed E-state index contributed by atoms with van der Waals surface area (Å²) in [5.74, 6) is 0.521. The smallest absolute Gasteiger partial charge is 0.205 e. The molecule has 4 nitrogen and oxygen atoms in total. The van der Waals surface area contributed by atoms with Crippen molar-refractivity contribution in [1.29, 1.82) is 0 Å². The Bertz CT molecular complexity index is 1130. The van der Waals surface area contributed by atoms with E-state index in [1.165, 1.54) is 12.1 Å². The van der Waals surface area contributed by atoms with Gasteiger partial charge in [0.2, 0.25) is 4.77 Å². The molecule has 0 bridgehead atoms. The molecule has 0 radical (unpaired) electrons. The van der Waals surface area contributed by atoms with Gasteiger partial charge < -0.3 is 9.72 Å². The second-order valence-electron chi connectivity index (χ2n) is 5.78. The molecule has 2 heterocycles. The minimum atomic E-state index is -0.275. The molecule has 2 aromatic carbocycles. The quantitative estimate of drug-likeness (QED) is 0.501. The number of nitrogens with zero attached hydrogens (tertiary/aromatic N) is 2. The minimum Gasteiger partial charge on any atom is -0.493 e. The number of hydrogen-bond donors (Lipinski definition) is 1. The van der Waals surface area contributed by atoms with Crippen LogP contribution in [0.2, 0.25) is 0 Å². The molecule has 4 aromatic rings. The normalized spacial score (nSPS) is 11.0. The van der Waals surface area contributed by atoms with Crippen molar-refractivity contribution in [3.8, 4) is 28.1 Å². The van der Waals surface area contributed by atoms with Crippen molar-refractivity contribution in [2.24, 2.45) is 0 Å². The number of fused-ring (bicyclic) bond motifs is 1. The Kier molecular flexibility index (Phi) is 4.26. The van der Waals surface area contributed by atoms with E-state index in [0.717, 1.165) is 33.8 Å². The van der Waals surface area contributed by atoms with E-state index in [1.807, 2.05) is 41.8 Å². The molecule has 0 atom stereocenters. The van der Waals surface area contributed by atoms with Crippen LogP contribution in [0.25, 0.3) is 28.0 Å². The van der Waals surface area contributed by atoms with E-state index in [0.29, 0.717) is 11.4 Å². The summed E-state index contributed by atoms with van der Waals surface area (Å²) in [4.78, 5) is 7.72. The van der Waals surface area contributed by atoms with Crippen molar-refractivity contribution in [2.75, 3.05) is 6.61 Å². The van der Waals surface area contributed by atoms with Crippen LogP contribution in [-0.4, -0.2) is 21.0 Å². The number of nitrogens with one attached hydrogen (secondary N) is 1. The zero-order chi connectivity index (χ0) is 18.1. The van der Waals surface area contributed by atoms with E-state index in [9.17, 15) is 4.39 Å². The van der Waals surface area contributed by atoms with Crippen molar-refractivity contribution in [3.05, 3.63) is 71.5 Å². The first-order chi connectivity index (χ1) is 12.7. The van der Waals surface area contributed by atoms with Gasteiger partial charge >= 0.3 is 0 Å². The third-order valence-corrected chi connectivity index (χ3v) is 4.45. The number of benzene rings is 2. The van der Waals surface area contributed by atoms with Gasteiger partial charge in [0.05, 0.1) is 12.3 Å². The highest BCUT2D eigenvalue weighted by Gasteiger charge is 2.13. The SMILES string of the molecule is CCOc1ccccc1-c1cn2c(=S)ncc(-c3ccc(F)cc3)c2[nH]1. The van der Waals surface area contributed by atoms with Crippen LogP contribution >= 0.6 is 12.2 Å². The van der Waals surface area contributed by atoms with Gasteiger partial charge in [0.1, 0.15) is 17.2 Å². The Labute approximate surface area is 154 Å². The third-order valence-electron chi connectivity index (χ3n) is 4.15. The number of aromatic amines is 1. The number of halogens is 1. The lowest BCUT2D eigenvalue weighted by Crippen LogP contribution is -1.93. The van der Waals surface area contributed by atoms with Gasteiger partial charge in [-0.15, -0.1) is 0 Å². The molecule has 1 N–H and O–H groups in total. The molecule has 2 aromatic heterocycles. The van der Waals surface area contributed by atoms with Crippen LogP contribution in [-0.2, 0) is 0 Å². The van der Waals surface area contributed by atoms with Crippen LogP contribution in [0.5, 0.6) is 5.75 Å². The van der Waals surface area contributed by atoms with Crippen molar-refractivity contribution in [2.45, 2.75) is 6.92 Å². The molecule has 0 saturated heterocycles. The first kappa shape index (κ1) is 16.5. The number of aromatic nitrogens is 3. The predicted molar refractivity (Wildman–Crippen MR) is 102 cm³/mol. The zero-order valence-electron chi connectivity index (χ0n) is 14.1. The minimum absolute atomic E-state index is 0.275. The van der Waals surface area contributed by atoms with E-state index >= 15 is 0 Å². The fraction of sp³-hybridized carbons (Fsp3) is 0.100. The Morgan fingerprint density at radius 1 is 1.12 bits per heavy atom. The summed E-state index contributed by atoms with van der Waals surface area (Å²) in [6.07, 6.45) is 3.62. The van der Waals surface area contributed by atoms with Crippen molar-refractivity contribution in [3.63, 3.8) is 0 Å². The van der Waals surface area contributed by atoms with E-state index in [2.05, 4.69) is 9.97 Å². The molecule has 0 amide bonds. The maximum Gasteiger partial charge on any atom is 0.205 e. The Balaban J connectivity index is 1.93. The van der Waals surface area contributed by atoms with Crippen LogP contribution < -0.4 is 4.74 Å². The van der Waals surface area contributed by atoms with E-state index in [4.69, 9.17) is 17.0 Å². The number of hydrogen-bond acceptors (Lipinski definition) is 3. The molecule has 0 aliphatic carbocycles. The highest BCUT2D eigenvalue weighted by molar-refractivity contribution is 7.71. The molecule has 0 spiro atoms. The van der Waals surface area contributed by atoms with Crippen LogP contribution in [0.1, 0.15) is 6.92 Å². The number of rotatable bonds is 4. The summed E-state index contributed by atoms with van der Waals surface area (Å²) >= 11 is 5.37. The van der Waals surface area contributed by atoms with Gasteiger partial charge in [-0.25, -0.2) is 9.37 Å². The summed E-state index contributed by atoms with van der Waals surface area (Å²) in [5.41, 5.74) is 4.32. The van der Waals surface area contributed by atoms with Crippen molar-refractivity contribution in [1.82, 2.24) is 14.4 Å². The summed E-state index contributed by atoms with van der Waals surface area (Å²) in [5, 5.41) is 0. The second kappa shape index (κ2) is 6.72. The predicted octanol–water partition coefficient (Wildman–Crippen LogP) is 5.26. The molecular weight excluding hydrogens is 349 g/mol.